The lowest BCUT2D eigenvalue weighted by Gasteiger charge is -2.23. The number of aryl methyl sites for hydroxylation is 1. The SMILES string of the molecule is CCCCOC(=O)c1ccc(NC(=O)[C@@H]2CC(=O)Nc3nc(Nc4ccc(C)cc4)[nH]c(=O)c32)cc1. The van der Waals surface area contributed by atoms with Crippen molar-refractivity contribution in [3.8, 4) is 0 Å². The first kappa shape index (κ1) is 24.6. The van der Waals surface area contributed by atoms with Crippen LogP contribution in [0, 0.1) is 6.92 Å². The van der Waals surface area contributed by atoms with Crippen LogP contribution < -0.4 is 21.5 Å². The smallest absolute Gasteiger partial charge is 0.338 e. The van der Waals surface area contributed by atoms with Crippen LogP contribution in [-0.4, -0.2) is 34.4 Å². The number of benzene rings is 2. The van der Waals surface area contributed by atoms with E-state index < -0.39 is 29.3 Å². The average molecular weight is 490 g/mol. The van der Waals surface area contributed by atoms with Gasteiger partial charge in [0.05, 0.1) is 23.7 Å². The Kier molecular flexibility index (Phi) is 7.43. The number of unbranched alkanes of at least 4 members (excludes halogenated alkanes) is 1. The van der Waals surface area contributed by atoms with Gasteiger partial charge in [-0.2, -0.15) is 4.98 Å². The lowest BCUT2D eigenvalue weighted by molar-refractivity contribution is -0.123. The van der Waals surface area contributed by atoms with E-state index in [4.69, 9.17) is 4.74 Å². The fourth-order valence-electron chi connectivity index (χ4n) is 3.74. The standard InChI is InChI=1S/C26H27N5O5/c1-3-4-13-36-25(35)16-7-11-17(12-8-16)27-23(33)19-14-20(32)29-22-21(19)24(34)31-26(30-22)28-18-9-5-15(2)6-10-18/h5-12,19H,3-4,13-14H2,1-2H3,(H,27,33)(H3,28,29,30,31,32,34)/t19-/m1/s1. The van der Waals surface area contributed by atoms with Crippen molar-refractivity contribution >= 4 is 40.9 Å². The lowest BCUT2D eigenvalue weighted by atomic mass is 9.92. The van der Waals surface area contributed by atoms with Crippen LogP contribution in [0.15, 0.2) is 53.3 Å². The number of H-pyrrole nitrogens is 1. The van der Waals surface area contributed by atoms with Crippen LogP contribution in [0.4, 0.5) is 23.1 Å². The fourth-order valence-corrected chi connectivity index (χ4v) is 3.74. The zero-order valence-corrected chi connectivity index (χ0v) is 20.0. The molecule has 0 bridgehead atoms. The Morgan fingerprint density at radius 2 is 1.75 bits per heavy atom. The minimum atomic E-state index is -1.03. The first-order valence-corrected chi connectivity index (χ1v) is 11.7. The van der Waals surface area contributed by atoms with Crippen LogP contribution in [0.2, 0.25) is 0 Å². The highest BCUT2D eigenvalue weighted by Crippen LogP contribution is 2.30. The Balaban J connectivity index is 1.50. The predicted octanol–water partition coefficient (Wildman–Crippen LogP) is 3.84. The number of carbonyl (C=O) groups excluding carboxylic acids is 3. The van der Waals surface area contributed by atoms with Crippen molar-refractivity contribution in [3.63, 3.8) is 0 Å². The van der Waals surface area contributed by atoms with Crippen molar-refractivity contribution in [2.75, 3.05) is 22.6 Å². The second kappa shape index (κ2) is 10.9. The van der Waals surface area contributed by atoms with Crippen molar-refractivity contribution in [1.82, 2.24) is 9.97 Å². The maximum atomic E-state index is 13.1. The largest absolute Gasteiger partial charge is 0.462 e. The number of nitrogens with zero attached hydrogens (tertiary/aromatic N) is 1. The van der Waals surface area contributed by atoms with E-state index >= 15 is 0 Å². The summed E-state index contributed by atoms with van der Waals surface area (Å²) in [4.78, 5) is 57.3. The molecule has 4 N–H and O–H groups in total. The molecule has 0 fully saturated rings. The van der Waals surface area contributed by atoms with Crippen LogP contribution in [0.1, 0.15) is 53.6 Å². The number of esters is 1. The van der Waals surface area contributed by atoms with E-state index in [1.807, 2.05) is 38.1 Å². The van der Waals surface area contributed by atoms with Crippen molar-refractivity contribution in [3.05, 3.63) is 75.6 Å². The molecule has 2 aromatic carbocycles. The predicted molar refractivity (Wildman–Crippen MR) is 136 cm³/mol. The Bertz CT molecular complexity index is 1330. The third kappa shape index (κ3) is 5.77. The van der Waals surface area contributed by atoms with Crippen molar-refractivity contribution < 1.29 is 19.1 Å². The Hall–Kier alpha value is -4.47. The molecule has 2 amide bonds. The van der Waals surface area contributed by atoms with E-state index in [2.05, 4.69) is 25.9 Å². The molecule has 3 aromatic rings. The molecule has 186 valence electrons. The van der Waals surface area contributed by atoms with Crippen molar-refractivity contribution in [2.24, 2.45) is 0 Å². The molecule has 1 atom stereocenters. The molecule has 1 aromatic heterocycles. The number of hydrogen-bond acceptors (Lipinski definition) is 7. The summed E-state index contributed by atoms with van der Waals surface area (Å²) < 4.78 is 5.18. The number of amides is 2. The molecule has 0 saturated carbocycles. The topological polar surface area (TPSA) is 142 Å². The summed E-state index contributed by atoms with van der Waals surface area (Å²) in [6.45, 7) is 4.31. The van der Waals surface area contributed by atoms with Gasteiger partial charge in [0.15, 0.2) is 0 Å². The molecule has 0 aliphatic carbocycles. The van der Waals surface area contributed by atoms with Crippen LogP contribution in [0.25, 0.3) is 0 Å². The Morgan fingerprint density at radius 1 is 1.06 bits per heavy atom. The first-order valence-electron chi connectivity index (χ1n) is 11.7. The zero-order valence-electron chi connectivity index (χ0n) is 20.0. The molecule has 0 unspecified atom stereocenters. The second-order valence-electron chi connectivity index (χ2n) is 8.53. The van der Waals surface area contributed by atoms with E-state index in [0.717, 1.165) is 18.4 Å². The van der Waals surface area contributed by atoms with Gasteiger partial charge in [-0.05, 0) is 49.7 Å². The van der Waals surface area contributed by atoms with E-state index in [-0.39, 0.29) is 23.8 Å². The van der Waals surface area contributed by atoms with Gasteiger partial charge in [-0.25, -0.2) is 4.79 Å². The minimum Gasteiger partial charge on any atom is -0.462 e. The van der Waals surface area contributed by atoms with E-state index in [0.29, 0.717) is 23.5 Å². The highest BCUT2D eigenvalue weighted by atomic mass is 16.5. The second-order valence-corrected chi connectivity index (χ2v) is 8.53. The summed E-state index contributed by atoms with van der Waals surface area (Å²) in [6.07, 6.45) is 1.51. The summed E-state index contributed by atoms with van der Waals surface area (Å²) in [6, 6.07) is 13.7. The molecule has 1 aliphatic heterocycles. The molecule has 0 saturated heterocycles. The third-order valence-electron chi connectivity index (χ3n) is 5.70. The Morgan fingerprint density at radius 3 is 2.44 bits per heavy atom. The number of aromatic amines is 1. The summed E-state index contributed by atoms with van der Waals surface area (Å²) >= 11 is 0. The number of fused-ring (bicyclic) bond motifs is 1. The lowest BCUT2D eigenvalue weighted by Crippen LogP contribution is -2.36. The van der Waals surface area contributed by atoms with E-state index in [1.54, 1.807) is 24.3 Å². The Labute approximate surface area is 207 Å². The monoisotopic (exact) mass is 489 g/mol. The van der Waals surface area contributed by atoms with Gasteiger partial charge < -0.3 is 20.7 Å². The van der Waals surface area contributed by atoms with Crippen LogP contribution in [0.3, 0.4) is 0 Å². The number of nitrogens with one attached hydrogen (secondary N) is 4. The maximum Gasteiger partial charge on any atom is 0.338 e. The van der Waals surface area contributed by atoms with Gasteiger partial charge in [-0.15, -0.1) is 0 Å². The molecule has 4 rings (SSSR count). The molecule has 10 nitrogen and oxygen atoms in total. The maximum absolute atomic E-state index is 13.1. The van der Waals surface area contributed by atoms with Crippen molar-refractivity contribution in [2.45, 2.75) is 39.0 Å². The van der Waals surface area contributed by atoms with Gasteiger partial charge in [0.25, 0.3) is 5.56 Å². The summed E-state index contributed by atoms with van der Waals surface area (Å²) in [5.41, 5.74) is 2.12. The number of hydrogen-bond donors (Lipinski definition) is 4. The average Bonchev–Trinajstić information content (AvgIpc) is 2.85. The van der Waals surface area contributed by atoms with Gasteiger partial charge in [-0.1, -0.05) is 31.0 Å². The molecular weight excluding hydrogens is 462 g/mol. The quantitative estimate of drug-likeness (QED) is 0.278. The molecule has 0 spiro atoms. The number of carbonyl (C=O) groups is 3. The molecule has 0 radical (unpaired) electrons. The van der Waals surface area contributed by atoms with Gasteiger partial charge in [0.1, 0.15) is 5.82 Å². The minimum absolute atomic E-state index is 0.0370. The normalized spacial score (nSPS) is 14.4. The van der Waals surface area contributed by atoms with Gasteiger partial charge in [0.2, 0.25) is 17.8 Å². The van der Waals surface area contributed by atoms with Crippen LogP contribution in [-0.2, 0) is 14.3 Å². The van der Waals surface area contributed by atoms with Gasteiger partial charge in [0, 0.05) is 17.8 Å². The van der Waals surface area contributed by atoms with Crippen molar-refractivity contribution in [1.29, 1.82) is 0 Å². The summed E-state index contributed by atoms with van der Waals surface area (Å²) in [5.74, 6) is -2.24. The summed E-state index contributed by atoms with van der Waals surface area (Å²) in [7, 11) is 0. The molecule has 36 heavy (non-hydrogen) atoms. The van der Waals surface area contributed by atoms with E-state index in [1.165, 1.54) is 0 Å². The third-order valence-corrected chi connectivity index (χ3v) is 5.70. The van der Waals surface area contributed by atoms with E-state index in [9.17, 15) is 19.2 Å². The summed E-state index contributed by atoms with van der Waals surface area (Å²) in [5, 5.41) is 8.29. The highest BCUT2D eigenvalue weighted by Gasteiger charge is 2.34. The molecule has 10 heteroatoms. The molecular formula is C26H27N5O5. The highest BCUT2D eigenvalue weighted by molar-refractivity contribution is 6.04. The molecule has 2 heterocycles. The number of aromatic nitrogens is 2. The van der Waals surface area contributed by atoms with Crippen LogP contribution >= 0.6 is 0 Å². The molecule has 1 aliphatic rings. The number of ether oxygens (including phenoxy) is 1. The van der Waals surface area contributed by atoms with Gasteiger partial charge >= 0.3 is 5.97 Å². The fraction of sp³-hybridized carbons (Fsp3) is 0.269. The van der Waals surface area contributed by atoms with Gasteiger partial charge in [-0.3, -0.25) is 19.4 Å². The first-order chi connectivity index (χ1) is 17.3. The zero-order chi connectivity index (χ0) is 25.7. The van der Waals surface area contributed by atoms with Crippen LogP contribution in [0.5, 0.6) is 0 Å². The number of anilines is 4. The number of rotatable bonds is 8.